The fourth-order valence-corrected chi connectivity index (χ4v) is 6.84. The van der Waals surface area contributed by atoms with Crippen LogP contribution in [0.15, 0.2) is 48.8 Å². The van der Waals surface area contributed by atoms with Gasteiger partial charge in [0.05, 0.1) is 0 Å². The summed E-state index contributed by atoms with van der Waals surface area (Å²) in [4.78, 5) is 0. The van der Waals surface area contributed by atoms with Crippen LogP contribution in [0.25, 0.3) is 11.4 Å². The van der Waals surface area contributed by atoms with Crippen LogP contribution in [0.3, 0.4) is 0 Å². The molecular formula is C32H41AuN2. The number of hydrogen-bond acceptors (Lipinski definition) is 0. The van der Waals surface area contributed by atoms with Gasteiger partial charge in [0.15, 0.2) is 0 Å². The van der Waals surface area contributed by atoms with E-state index >= 15 is 0 Å². The van der Waals surface area contributed by atoms with E-state index < -0.39 is 0 Å². The molecule has 0 radical (unpaired) electrons. The summed E-state index contributed by atoms with van der Waals surface area (Å²) < 4.78 is 10.0. The molecule has 3 aromatic rings. The number of aromatic nitrogens is 2. The fraction of sp³-hybridized carbons (Fsp3) is 0.469. The van der Waals surface area contributed by atoms with Crippen molar-refractivity contribution in [1.82, 2.24) is 9.13 Å². The molecule has 2 nitrogen and oxygen atoms in total. The Balaban J connectivity index is 2.09. The monoisotopic (exact) mass is 650 g/mol. The number of nitrogens with zero attached hydrogens (tertiary/aromatic N) is 2. The molecule has 3 heteroatoms. The van der Waals surface area contributed by atoms with E-state index in [1.165, 1.54) is 50.1 Å². The Hall–Kier alpha value is -2.05. The van der Waals surface area contributed by atoms with E-state index in [0.717, 1.165) is 0 Å². The molecule has 0 bridgehead atoms. The van der Waals surface area contributed by atoms with Crippen LogP contribution in [-0.4, -0.2) is 9.13 Å². The summed E-state index contributed by atoms with van der Waals surface area (Å²) in [5.41, 5.74) is 8.39. The Morgan fingerprint density at radius 2 is 1.03 bits per heavy atom. The van der Waals surface area contributed by atoms with Crippen molar-refractivity contribution >= 4 is 0 Å². The summed E-state index contributed by atoms with van der Waals surface area (Å²) in [6.07, 6.45) is 7.16. The minimum absolute atomic E-state index is 0.346. The van der Waals surface area contributed by atoms with Gasteiger partial charge in [-0.05, 0) is 0 Å². The molecule has 1 saturated carbocycles. The molecule has 2 aromatic carbocycles. The van der Waals surface area contributed by atoms with E-state index in [1.807, 2.05) is 0 Å². The Kier molecular flexibility index (Phi) is 8.12. The summed E-state index contributed by atoms with van der Waals surface area (Å²) >= 11 is -0.346. The molecule has 4 rings (SSSR count). The molecule has 1 heterocycles. The standard InChI is InChI=1S/C27H36N2.C5H5.Au/c1-18(2)22-11-9-12-23(19(3)4)26(22)28-15-16-29(17-28)27-24(20(5)6)13-10-14-25(27)21(7)8;1-2-5-3-4-5;/h9-16,18-21H,1-8H3;5H,3-4H2;. The normalized spacial score (nSPS) is 13.8. The van der Waals surface area contributed by atoms with Crippen molar-refractivity contribution in [2.45, 2.75) is 91.9 Å². The van der Waals surface area contributed by atoms with Crippen molar-refractivity contribution in [3.63, 3.8) is 0 Å². The van der Waals surface area contributed by atoms with Crippen LogP contribution < -0.4 is 0 Å². The van der Waals surface area contributed by atoms with Crippen LogP contribution in [0.1, 0.15) is 114 Å². The average Bonchev–Trinajstić information content (AvgIpc) is 3.55. The molecule has 0 unspecified atom stereocenters. The Bertz CT molecular complexity index is 1180. The summed E-state index contributed by atoms with van der Waals surface area (Å²) in [6.45, 7) is 18.5. The molecule has 35 heavy (non-hydrogen) atoms. The third kappa shape index (κ3) is 5.54. The van der Waals surface area contributed by atoms with Gasteiger partial charge >= 0.3 is 222 Å². The first-order chi connectivity index (χ1) is 16.7. The van der Waals surface area contributed by atoms with Gasteiger partial charge in [0.2, 0.25) is 0 Å². The van der Waals surface area contributed by atoms with Crippen molar-refractivity contribution in [2.24, 2.45) is 5.92 Å². The molecule has 1 aliphatic carbocycles. The number of benzene rings is 2. The topological polar surface area (TPSA) is 9.86 Å². The summed E-state index contributed by atoms with van der Waals surface area (Å²) in [6, 6.07) is 13.7. The quantitative estimate of drug-likeness (QED) is 0.187. The second kappa shape index (κ2) is 10.9. The molecule has 1 aliphatic rings. The van der Waals surface area contributed by atoms with Gasteiger partial charge < -0.3 is 0 Å². The SMILES string of the molecule is CC(C)c1cccc(C(C)C)c1-n1ccn(-c2c(C(C)C)cccc2C(C)C)[c]1=[Au][C]#CC1CC1. The van der Waals surface area contributed by atoms with Crippen LogP contribution in [0.4, 0.5) is 0 Å². The van der Waals surface area contributed by atoms with Crippen LogP contribution in [0.2, 0.25) is 0 Å². The molecule has 0 atom stereocenters. The number of para-hydroxylation sites is 2. The maximum absolute atomic E-state index is 3.67. The zero-order valence-corrected chi connectivity index (χ0v) is 24.8. The van der Waals surface area contributed by atoms with E-state index in [-0.39, 0.29) is 19.3 Å². The van der Waals surface area contributed by atoms with Gasteiger partial charge in [-0.2, -0.15) is 0 Å². The van der Waals surface area contributed by atoms with E-state index in [9.17, 15) is 0 Å². The Morgan fingerprint density at radius 3 is 1.34 bits per heavy atom. The molecular weight excluding hydrogens is 609 g/mol. The second-order valence-corrected chi connectivity index (χ2v) is 13.1. The first kappa shape index (κ1) is 26.0. The molecule has 0 amide bonds. The van der Waals surface area contributed by atoms with Gasteiger partial charge in [-0.1, -0.05) is 0 Å². The number of imidazole rings is 1. The van der Waals surface area contributed by atoms with E-state index in [4.69, 9.17) is 0 Å². The Labute approximate surface area is 221 Å². The van der Waals surface area contributed by atoms with Crippen molar-refractivity contribution in [1.29, 1.82) is 0 Å². The van der Waals surface area contributed by atoms with E-state index in [1.54, 1.807) is 0 Å². The second-order valence-electron chi connectivity index (χ2n) is 11.0. The van der Waals surface area contributed by atoms with E-state index in [2.05, 4.69) is 123 Å². The Morgan fingerprint density at radius 1 is 0.657 bits per heavy atom. The average molecular weight is 651 g/mol. The van der Waals surface area contributed by atoms with Gasteiger partial charge in [-0.15, -0.1) is 0 Å². The fourth-order valence-electron chi connectivity index (χ4n) is 4.67. The molecule has 0 spiro atoms. The van der Waals surface area contributed by atoms with Gasteiger partial charge in [0.1, 0.15) is 0 Å². The van der Waals surface area contributed by atoms with Crippen LogP contribution in [-0.2, 0) is 19.3 Å². The van der Waals surface area contributed by atoms with Crippen molar-refractivity contribution in [3.8, 4) is 21.4 Å². The zero-order chi connectivity index (χ0) is 25.3. The molecule has 1 aromatic heterocycles. The molecule has 0 saturated heterocycles. The van der Waals surface area contributed by atoms with Gasteiger partial charge in [0, 0.05) is 0 Å². The summed E-state index contributed by atoms with van der Waals surface area (Å²) in [5.74, 6) is 6.02. The van der Waals surface area contributed by atoms with E-state index in [0.29, 0.717) is 29.6 Å². The van der Waals surface area contributed by atoms with Crippen molar-refractivity contribution < 1.29 is 19.3 Å². The predicted molar refractivity (Wildman–Crippen MR) is 145 cm³/mol. The third-order valence-corrected chi connectivity index (χ3v) is 8.93. The zero-order valence-electron chi connectivity index (χ0n) is 22.6. The van der Waals surface area contributed by atoms with Gasteiger partial charge in [0.25, 0.3) is 0 Å². The minimum atomic E-state index is -0.346. The predicted octanol–water partition coefficient (Wildman–Crippen LogP) is 8.75. The maximum atomic E-state index is 3.67. The van der Waals surface area contributed by atoms with Gasteiger partial charge in [-0.25, -0.2) is 0 Å². The molecule has 1 fully saturated rings. The van der Waals surface area contributed by atoms with Crippen molar-refractivity contribution in [2.75, 3.05) is 0 Å². The number of hydrogen-bond donors (Lipinski definition) is 0. The van der Waals surface area contributed by atoms with Crippen molar-refractivity contribution in [3.05, 3.63) is 74.7 Å². The molecule has 0 aliphatic heterocycles. The summed E-state index contributed by atoms with van der Waals surface area (Å²) in [7, 11) is 0. The summed E-state index contributed by atoms with van der Waals surface area (Å²) in [5, 5.41) is 0. The first-order valence-corrected chi connectivity index (χ1v) is 15.3. The molecule has 0 N–H and O–H groups in total. The first-order valence-electron chi connectivity index (χ1n) is 13.2. The van der Waals surface area contributed by atoms with Gasteiger partial charge in [-0.3, -0.25) is 0 Å². The van der Waals surface area contributed by atoms with Crippen LogP contribution in [0.5, 0.6) is 0 Å². The third-order valence-electron chi connectivity index (χ3n) is 6.82. The molecule has 190 valence electrons. The van der Waals surface area contributed by atoms with Crippen LogP contribution in [0, 0.1) is 19.6 Å². The number of rotatable bonds is 6. The van der Waals surface area contributed by atoms with Crippen LogP contribution >= 0.6 is 0 Å².